The van der Waals surface area contributed by atoms with Crippen LogP contribution in [0.15, 0.2) is 16.6 Å². The van der Waals surface area contributed by atoms with Crippen molar-refractivity contribution in [2.45, 2.75) is 56.1 Å². The van der Waals surface area contributed by atoms with Gasteiger partial charge in [0.15, 0.2) is 5.82 Å². The molecule has 2 bridgehead atoms. The molecule has 6 nitrogen and oxygen atoms in total. The molecule has 0 radical (unpaired) electrons. The third-order valence-electron chi connectivity index (χ3n) is 7.52. The predicted molar refractivity (Wildman–Crippen MR) is 118 cm³/mol. The molecule has 2 atom stereocenters. The lowest BCUT2D eigenvalue weighted by Gasteiger charge is -2.34. The maximum atomic E-state index is 15.0. The molecule has 4 aliphatic rings. The Kier molecular flexibility index (Phi) is 4.66. The Morgan fingerprint density at radius 1 is 1.13 bits per heavy atom. The SMILES string of the molecule is Fc1c(Br)ccc2c(N3CC4CCC(C3)N4)nc(OCC34CCCN3CCC4)nc12. The summed E-state index contributed by atoms with van der Waals surface area (Å²) in [6.45, 7) is 4.66. The number of piperazine rings is 1. The first-order valence-corrected chi connectivity index (χ1v) is 12.0. The standard InChI is InChI=1S/C22H27BrFN5O/c23-17-6-5-16-19(18(17)24)26-21(30-13-22-7-1-9-29(22)10-2-8-22)27-20(16)28-11-14-3-4-15(12-28)25-14/h5-6,14-15,25H,1-4,7-13H2. The van der Waals surface area contributed by atoms with Gasteiger partial charge in [-0.3, -0.25) is 4.90 Å². The lowest BCUT2D eigenvalue weighted by molar-refractivity contribution is 0.108. The first-order valence-electron chi connectivity index (χ1n) is 11.2. The van der Waals surface area contributed by atoms with Crippen LogP contribution in [-0.4, -0.2) is 65.3 Å². The van der Waals surface area contributed by atoms with Crippen LogP contribution in [0.2, 0.25) is 0 Å². The second-order valence-electron chi connectivity index (χ2n) is 9.34. The van der Waals surface area contributed by atoms with Crippen LogP contribution in [0, 0.1) is 5.82 Å². The van der Waals surface area contributed by atoms with Crippen molar-refractivity contribution < 1.29 is 9.13 Å². The molecule has 8 heteroatoms. The summed E-state index contributed by atoms with van der Waals surface area (Å²) >= 11 is 3.31. The van der Waals surface area contributed by atoms with Crippen LogP contribution < -0.4 is 15.0 Å². The zero-order valence-corrected chi connectivity index (χ0v) is 18.6. The molecule has 0 saturated carbocycles. The Morgan fingerprint density at radius 3 is 2.60 bits per heavy atom. The van der Waals surface area contributed by atoms with E-state index in [4.69, 9.17) is 9.72 Å². The number of anilines is 1. The first kappa shape index (κ1) is 19.2. The molecule has 0 aliphatic carbocycles. The van der Waals surface area contributed by atoms with Crippen molar-refractivity contribution in [3.63, 3.8) is 0 Å². The van der Waals surface area contributed by atoms with Gasteiger partial charge < -0.3 is 15.0 Å². The van der Waals surface area contributed by atoms with E-state index in [0.29, 0.717) is 34.7 Å². The summed E-state index contributed by atoms with van der Waals surface area (Å²) in [4.78, 5) is 14.2. The van der Waals surface area contributed by atoms with Crippen LogP contribution in [-0.2, 0) is 0 Å². The third-order valence-corrected chi connectivity index (χ3v) is 8.13. The van der Waals surface area contributed by atoms with Gasteiger partial charge in [-0.1, -0.05) is 0 Å². The summed E-state index contributed by atoms with van der Waals surface area (Å²) in [5.41, 5.74) is 0.449. The molecule has 5 heterocycles. The zero-order valence-electron chi connectivity index (χ0n) is 17.0. The van der Waals surface area contributed by atoms with Gasteiger partial charge >= 0.3 is 6.01 Å². The van der Waals surface area contributed by atoms with Crippen molar-refractivity contribution in [1.82, 2.24) is 20.2 Å². The Bertz CT molecular complexity index is 966. The molecule has 30 heavy (non-hydrogen) atoms. The number of halogens is 2. The van der Waals surface area contributed by atoms with Crippen molar-refractivity contribution in [2.24, 2.45) is 0 Å². The Hall–Kier alpha value is -1.51. The molecule has 4 saturated heterocycles. The van der Waals surface area contributed by atoms with Gasteiger partial charge in [0.05, 0.1) is 10.0 Å². The predicted octanol–water partition coefficient (Wildman–Crippen LogP) is 3.48. The third kappa shape index (κ3) is 3.10. The van der Waals surface area contributed by atoms with Gasteiger partial charge in [-0.15, -0.1) is 0 Å². The number of hydrogen-bond acceptors (Lipinski definition) is 6. The quantitative estimate of drug-likeness (QED) is 0.730. The van der Waals surface area contributed by atoms with E-state index in [1.165, 1.54) is 25.7 Å². The van der Waals surface area contributed by atoms with Crippen LogP contribution in [0.3, 0.4) is 0 Å². The molecule has 6 rings (SSSR count). The summed E-state index contributed by atoms with van der Waals surface area (Å²) in [6.07, 6.45) is 7.14. The van der Waals surface area contributed by atoms with E-state index < -0.39 is 0 Å². The molecule has 0 spiro atoms. The smallest absolute Gasteiger partial charge is 0.319 e. The van der Waals surface area contributed by atoms with Crippen LogP contribution >= 0.6 is 15.9 Å². The molecule has 1 aromatic carbocycles. The first-order chi connectivity index (χ1) is 14.6. The fourth-order valence-electron chi connectivity index (χ4n) is 6.04. The maximum absolute atomic E-state index is 15.0. The molecule has 4 aliphatic heterocycles. The van der Waals surface area contributed by atoms with Gasteiger partial charge in [-0.25, -0.2) is 4.39 Å². The highest BCUT2D eigenvalue weighted by molar-refractivity contribution is 9.10. The number of nitrogens with one attached hydrogen (secondary N) is 1. The van der Waals surface area contributed by atoms with Gasteiger partial charge in [-0.2, -0.15) is 9.97 Å². The van der Waals surface area contributed by atoms with Crippen molar-refractivity contribution >= 4 is 32.7 Å². The minimum atomic E-state index is -0.347. The molecule has 160 valence electrons. The van der Waals surface area contributed by atoms with Crippen molar-refractivity contribution in [3.8, 4) is 6.01 Å². The lowest BCUT2D eigenvalue weighted by Crippen LogP contribution is -2.51. The van der Waals surface area contributed by atoms with E-state index >= 15 is 4.39 Å². The maximum Gasteiger partial charge on any atom is 0.319 e. The minimum Gasteiger partial charge on any atom is -0.461 e. The van der Waals surface area contributed by atoms with Gasteiger partial charge in [0.1, 0.15) is 17.9 Å². The second-order valence-corrected chi connectivity index (χ2v) is 10.2. The molecular formula is C22H27BrFN5O. The fraction of sp³-hybridized carbons (Fsp3) is 0.636. The lowest BCUT2D eigenvalue weighted by atomic mass is 9.95. The summed E-state index contributed by atoms with van der Waals surface area (Å²) in [5, 5.41) is 4.41. The Labute approximate surface area is 184 Å². The number of ether oxygens (including phenoxy) is 1. The highest BCUT2D eigenvalue weighted by Crippen LogP contribution is 2.39. The highest BCUT2D eigenvalue weighted by Gasteiger charge is 2.45. The molecule has 2 aromatic rings. The van der Waals surface area contributed by atoms with Crippen LogP contribution in [0.5, 0.6) is 6.01 Å². The van der Waals surface area contributed by atoms with Crippen LogP contribution in [0.25, 0.3) is 10.9 Å². The summed E-state index contributed by atoms with van der Waals surface area (Å²) in [7, 11) is 0. The van der Waals surface area contributed by atoms with Crippen molar-refractivity contribution in [1.29, 1.82) is 0 Å². The monoisotopic (exact) mass is 475 g/mol. The number of aromatic nitrogens is 2. The zero-order chi connectivity index (χ0) is 20.3. The molecule has 4 fully saturated rings. The van der Waals surface area contributed by atoms with Gasteiger partial charge in [-0.05, 0) is 79.7 Å². The summed E-state index contributed by atoms with van der Waals surface area (Å²) in [6, 6.07) is 4.91. The van der Waals surface area contributed by atoms with Crippen molar-refractivity contribution in [2.75, 3.05) is 37.7 Å². The van der Waals surface area contributed by atoms with Gasteiger partial charge in [0, 0.05) is 30.6 Å². The largest absolute Gasteiger partial charge is 0.461 e. The Balaban J connectivity index is 1.36. The summed E-state index contributed by atoms with van der Waals surface area (Å²) in [5.74, 6) is 0.452. The molecule has 0 amide bonds. The van der Waals surface area contributed by atoms with Gasteiger partial charge in [0.2, 0.25) is 0 Å². The average Bonchev–Trinajstić information content (AvgIpc) is 3.42. The second kappa shape index (κ2) is 7.28. The number of benzene rings is 1. The number of fused-ring (bicyclic) bond motifs is 4. The fourth-order valence-corrected chi connectivity index (χ4v) is 6.36. The van der Waals surface area contributed by atoms with E-state index in [9.17, 15) is 0 Å². The molecule has 1 N–H and O–H groups in total. The molecule has 1 aromatic heterocycles. The number of nitrogens with zero attached hydrogens (tertiary/aromatic N) is 4. The van der Waals surface area contributed by atoms with E-state index in [2.05, 4.69) is 36.0 Å². The average molecular weight is 476 g/mol. The van der Waals surface area contributed by atoms with Crippen molar-refractivity contribution in [3.05, 3.63) is 22.4 Å². The van der Waals surface area contributed by atoms with Gasteiger partial charge in [0.25, 0.3) is 0 Å². The number of rotatable bonds is 4. The normalized spacial score (nSPS) is 27.7. The topological polar surface area (TPSA) is 53.5 Å². The van der Waals surface area contributed by atoms with E-state index in [0.717, 1.165) is 50.2 Å². The molecular weight excluding hydrogens is 449 g/mol. The highest BCUT2D eigenvalue weighted by atomic mass is 79.9. The van der Waals surface area contributed by atoms with Crippen LogP contribution in [0.4, 0.5) is 10.2 Å². The summed E-state index contributed by atoms with van der Waals surface area (Å²) < 4.78 is 21.6. The molecule has 2 unspecified atom stereocenters. The van der Waals surface area contributed by atoms with E-state index in [1.54, 1.807) is 6.07 Å². The van der Waals surface area contributed by atoms with E-state index in [1.807, 2.05) is 6.07 Å². The minimum absolute atomic E-state index is 0.114. The van der Waals surface area contributed by atoms with Crippen LogP contribution in [0.1, 0.15) is 38.5 Å². The van der Waals surface area contributed by atoms with E-state index in [-0.39, 0.29) is 11.4 Å². The number of hydrogen-bond donors (Lipinski definition) is 1. The Morgan fingerprint density at radius 2 is 1.87 bits per heavy atom.